The molecule has 0 amide bonds. The number of unbranched alkanes of at least 4 members (excludes halogenated alkanes) is 4. The maximum absolute atomic E-state index is 12.6. The van der Waals surface area contributed by atoms with Crippen LogP contribution in [0.5, 0.6) is 0 Å². The van der Waals surface area contributed by atoms with E-state index in [1.165, 1.54) is 37.7 Å². The van der Waals surface area contributed by atoms with Crippen LogP contribution in [-0.2, 0) is 6.54 Å². The second-order valence-corrected chi connectivity index (χ2v) is 8.92. The molecule has 0 fully saturated rings. The van der Waals surface area contributed by atoms with E-state index in [0.29, 0.717) is 11.5 Å². The minimum Gasteiger partial charge on any atom is -0.354 e. The van der Waals surface area contributed by atoms with Gasteiger partial charge in [-0.1, -0.05) is 82.0 Å². The largest absolute Gasteiger partial charge is 0.354 e. The molecule has 0 saturated heterocycles. The predicted octanol–water partition coefficient (Wildman–Crippen LogP) is 6.12. The number of rotatable bonds is 10. The van der Waals surface area contributed by atoms with Crippen molar-refractivity contribution in [3.63, 3.8) is 0 Å². The molecule has 1 aliphatic carbocycles. The maximum atomic E-state index is 12.6. The fraction of sp³-hybridized carbons (Fsp3) is 0.357. The van der Waals surface area contributed by atoms with Crippen LogP contribution in [0.1, 0.15) is 57.2 Å². The quantitative estimate of drug-likeness (QED) is 0.331. The first-order chi connectivity index (χ1) is 16.1. The van der Waals surface area contributed by atoms with Crippen LogP contribution in [0, 0.1) is 5.92 Å². The van der Waals surface area contributed by atoms with E-state index in [4.69, 9.17) is 0 Å². The van der Waals surface area contributed by atoms with Crippen molar-refractivity contribution in [2.45, 2.75) is 52.5 Å². The van der Waals surface area contributed by atoms with Crippen molar-refractivity contribution >= 4 is 16.5 Å². The molecule has 0 bridgehead atoms. The maximum Gasteiger partial charge on any atom is 0.273 e. The third-order valence-electron chi connectivity index (χ3n) is 6.13. The topological polar surface area (TPSA) is 73.6 Å². The molecule has 0 radical (unpaired) electrons. The van der Waals surface area contributed by atoms with Crippen LogP contribution in [0.3, 0.4) is 0 Å². The summed E-state index contributed by atoms with van der Waals surface area (Å²) in [5.74, 6) is 0.374. The number of benzene rings is 1. The summed E-state index contributed by atoms with van der Waals surface area (Å²) >= 11 is 0. The van der Waals surface area contributed by atoms with Crippen molar-refractivity contribution in [2.24, 2.45) is 5.92 Å². The Balaban J connectivity index is 1.49. The Labute approximate surface area is 195 Å². The number of nitrogens with one attached hydrogen (secondary N) is 3. The van der Waals surface area contributed by atoms with E-state index in [2.05, 4.69) is 70.8 Å². The Morgan fingerprint density at radius 3 is 2.82 bits per heavy atom. The average molecular weight is 443 g/mol. The summed E-state index contributed by atoms with van der Waals surface area (Å²) in [6.45, 7) is 6.28. The van der Waals surface area contributed by atoms with Crippen molar-refractivity contribution in [1.82, 2.24) is 20.5 Å². The van der Waals surface area contributed by atoms with Crippen LogP contribution in [0.15, 0.2) is 65.5 Å². The number of aromatic amines is 2. The molecular formula is C28H34N4O. The molecule has 0 aliphatic heterocycles. The molecule has 2 aromatic heterocycles. The number of hydrogen-bond acceptors (Lipinski definition) is 3. The van der Waals surface area contributed by atoms with E-state index in [9.17, 15) is 4.79 Å². The van der Waals surface area contributed by atoms with E-state index in [0.717, 1.165) is 41.0 Å². The molecule has 1 aromatic carbocycles. The van der Waals surface area contributed by atoms with Crippen molar-refractivity contribution in [3.05, 3.63) is 82.3 Å². The minimum absolute atomic E-state index is 0.197. The third-order valence-corrected chi connectivity index (χ3v) is 6.13. The van der Waals surface area contributed by atoms with Crippen LogP contribution < -0.4 is 10.9 Å². The molecule has 0 spiro atoms. The standard InChI is InChI=1S/C28H34N4O/c1-3-4-5-6-7-15-29-19-21-12-14-23-17-27(30-25(23)16-21)24-18-26(31-32-28(24)33)22-10-8-9-20(2)11-13-22/h8-14,16-18,20,29-30H,3-7,15,19H2,1-2H3,(H,32,33)/t20-/m1/s1. The molecule has 4 rings (SSSR count). The summed E-state index contributed by atoms with van der Waals surface area (Å²) in [5.41, 5.74) is 5.21. The Hall–Kier alpha value is -3.18. The van der Waals surface area contributed by atoms with E-state index >= 15 is 0 Å². The Morgan fingerprint density at radius 1 is 1.06 bits per heavy atom. The molecule has 0 saturated carbocycles. The molecule has 1 aliphatic rings. The van der Waals surface area contributed by atoms with E-state index < -0.39 is 0 Å². The van der Waals surface area contributed by atoms with Gasteiger partial charge in [-0.05, 0) is 42.6 Å². The van der Waals surface area contributed by atoms with Gasteiger partial charge in [0.1, 0.15) is 0 Å². The molecule has 5 nitrogen and oxygen atoms in total. The molecule has 1 atom stereocenters. The van der Waals surface area contributed by atoms with Gasteiger partial charge in [0.2, 0.25) is 0 Å². The summed E-state index contributed by atoms with van der Waals surface area (Å²) in [6, 6.07) is 10.3. The van der Waals surface area contributed by atoms with E-state index in [1.54, 1.807) is 0 Å². The van der Waals surface area contributed by atoms with Gasteiger partial charge in [0, 0.05) is 23.0 Å². The van der Waals surface area contributed by atoms with Gasteiger partial charge < -0.3 is 10.3 Å². The van der Waals surface area contributed by atoms with Crippen molar-refractivity contribution in [3.8, 4) is 11.3 Å². The second-order valence-electron chi connectivity index (χ2n) is 8.92. The number of fused-ring (bicyclic) bond motifs is 1. The fourth-order valence-corrected chi connectivity index (χ4v) is 4.15. The Kier molecular flexibility index (Phi) is 7.74. The Morgan fingerprint density at radius 2 is 1.94 bits per heavy atom. The van der Waals surface area contributed by atoms with Gasteiger partial charge in [-0.2, -0.15) is 5.10 Å². The summed E-state index contributed by atoms with van der Waals surface area (Å²) in [5, 5.41) is 11.6. The lowest BCUT2D eigenvalue weighted by molar-refractivity contribution is 0.583. The summed E-state index contributed by atoms with van der Waals surface area (Å²) < 4.78 is 0. The number of H-pyrrole nitrogens is 2. The van der Waals surface area contributed by atoms with Crippen LogP contribution in [-0.4, -0.2) is 21.7 Å². The highest BCUT2D eigenvalue weighted by atomic mass is 16.1. The lowest BCUT2D eigenvalue weighted by atomic mass is 10.1. The molecular weight excluding hydrogens is 408 g/mol. The predicted molar refractivity (Wildman–Crippen MR) is 138 cm³/mol. The average Bonchev–Trinajstić information content (AvgIpc) is 3.12. The lowest BCUT2D eigenvalue weighted by Gasteiger charge is -2.05. The number of nitrogens with zero attached hydrogens (tertiary/aromatic N) is 1. The second kappa shape index (κ2) is 11.1. The fourth-order valence-electron chi connectivity index (χ4n) is 4.15. The normalized spacial score (nSPS) is 15.7. The summed E-state index contributed by atoms with van der Waals surface area (Å²) in [6.07, 6.45) is 16.8. The van der Waals surface area contributed by atoms with E-state index in [-0.39, 0.29) is 5.56 Å². The highest BCUT2D eigenvalue weighted by Crippen LogP contribution is 2.25. The molecule has 5 heteroatoms. The first kappa shape index (κ1) is 23.0. The van der Waals surface area contributed by atoms with Gasteiger partial charge in [0.05, 0.1) is 17.0 Å². The molecule has 3 aromatic rings. The van der Waals surface area contributed by atoms with Crippen LogP contribution in [0.4, 0.5) is 0 Å². The third kappa shape index (κ3) is 5.99. The monoisotopic (exact) mass is 442 g/mol. The van der Waals surface area contributed by atoms with Gasteiger partial charge in [0.25, 0.3) is 5.56 Å². The smallest absolute Gasteiger partial charge is 0.273 e. The zero-order valence-corrected chi connectivity index (χ0v) is 19.7. The van der Waals surface area contributed by atoms with Crippen molar-refractivity contribution in [2.75, 3.05) is 6.54 Å². The first-order valence-electron chi connectivity index (χ1n) is 12.1. The van der Waals surface area contributed by atoms with Gasteiger partial charge in [-0.3, -0.25) is 4.79 Å². The summed E-state index contributed by atoms with van der Waals surface area (Å²) in [7, 11) is 0. The van der Waals surface area contributed by atoms with Gasteiger partial charge in [-0.25, -0.2) is 5.10 Å². The zero-order valence-electron chi connectivity index (χ0n) is 19.7. The van der Waals surface area contributed by atoms with E-state index in [1.807, 2.05) is 24.3 Å². The number of hydrogen-bond donors (Lipinski definition) is 3. The SMILES string of the molecule is CCCCCCCNCc1ccc2cc(-c3cc(C4=CC=C[C@@H](C)C=C4)n[nH]c3=O)[nH]c2c1. The summed E-state index contributed by atoms with van der Waals surface area (Å²) in [4.78, 5) is 16.0. The highest BCUT2D eigenvalue weighted by molar-refractivity contribution is 5.87. The number of aromatic nitrogens is 3. The lowest BCUT2D eigenvalue weighted by Crippen LogP contribution is -2.14. The van der Waals surface area contributed by atoms with Crippen LogP contribution >= 0.6 is 0 Å². The van der Waals surface area contributed by atoms with Gasteiger partial charge >= 0.3 is 0 Å². The molecule has 172 valence electrons. The van der Waals surface area contributed by atoms with Gasteiger partial charge in [0.15, 0.2) is 0 Å². The minimum atomic E-state index is -0.197. The molecule has 33 heavy (non-hydrogen) atoms. The molecule has 2 heterocycles. The molecule has 0 unspecified atom stereocenters. The van der Waals surface area contributed by atoms with Crippen LogP contribution in [0.25, 0.3) is 27.7 Å². The Bertz CT molecular complexity index is 1230. The van der Waals surface area contributed by atoms with Crippen molar-refractivity contribution in [1.29, 1.82) is 0 Å². The highest BCUT2D eigenvalue weighted by Gasteiger charge is 2.12. The molecule has 3 N–H and O–H groups in total. The van der Waals surface area contributed by atoms with Crippen molar-refractivity contribution < 1.29 is 0 Å². The number of allylic oxidation sites excluding steroid dienone is 6. The first-order valence-corrected chi connectivity index (χ1v) is 12.1. The van der Waals surface area contributed by atoms with Gasteiger partial charge in [-0.15, -0.1) is 0 Å². The zero-order chi connectivity index (χ0) is 23.0. The van der Waals surface area contributed by atoms with Crippen LogP contribution in [0.2, 0.25) is 0 Å².